The summed E-state index contributed by atoms with van der Waals surface area (Å²) in [6, 6.07) is 3.52. The molecule has 0 aromatic rings. The van der Waals surface area contributed by atoms with E-state index in [2.05, 4.69) is 13.8 Å². The van der Waals surface area contributed by atoms with Crippen molar-refractivity contribution in [2.45, 2.75) is 575 Å². The van der Waals surface area contributed by atoms with Gasteiger partial charge in [-0.3, -0.25) is 23.0 Å². The largest absolute Gasteiger partial charge is 2.00 e. The van der Waals surface area contributed by atoms with Gasteiger partial charge in [-0.15, -0.1) is 0 Å². The summed E-state index contributed by atoms with van der Waals surface area (Å²) in [5.41, 5.74) is 0. The summed E-state index contributed by atoms with van der Waals surface area (Å²) in [5.74, 6) is -0.402. The van der Waals surface area contributed by atoms with Gasteiger partial charge in [-0.2, -0.15) is 0 Å². The van der Waals surface area contributed by atoms with Crippen LogP contribution in [0.1, 0.15) is 521 Å². The van der Waals surface area contributed by atoms with E-state index in [0.717, 1.165) is 34.6 Å². The van der Waals surface area contributed by atoms with E-state index in [1.807, 2.05) is 0 Å². The Bertz CT molecular complexity index is 2020. The molecule has 3 amide bonds. The van der Waals surface area contributed by atoms with Crippen LogP contribution in [-0.2, 0) is 24.0 Å². The average molecular weight is 1520 g/mol. The van der Waals surface area contributed by atoms with E-state index >= 15 is 14.4 Å². The second-order valence-corrected chi connectivity index (χ2v) is 37.5. The van der Waals surface area contributed by atoms with Crippen molar-refractivity contribution in [3.05, 3.63) is 0 Å². The Hall–Kier alpha value is -0.910. The zero-order valence-electron chi connectivity index (χ0n) is 71.1. The van der Waals surface area contributed by atoms with Crippen LogP contribution in [0.15, 0.2) is 0 Å². The molecule has 0 atom stereocenters. The number of carbonyl (C=O) groups excluding carboxylic acids is 3. The molecule has 0 heterocycles. The van der Waals surface area contributed by atoms with Gasteiger partial charge in [-0.05, 0) is 244 Å². The monoisotopic (exact) mass is 1520 g/mol. The quantitative estimate of drug-likeness (QED) is 0.0353. The van der Waals surface area contributed by atoms with Crippen molar-refractivity contribution in [3.8, 4) is 0 Å². The Morgan fingerprint density at radius 3 is 0.542 bits per heavy atom. The Balaban J connectivity index is 0.000000359. The van der Waals surface area contributed by atoms with Gasteiger partial charge >= 0.3 is 67.4 Å². The summed E-state index contributed by atoms with van der Waals surface area (Å²) < 4.78 is 2.14. The van der Waals surface area contributed by atoms with Crippen molar-refractivity contribution in [2.75, 3.05) is 0 Å². The van der Waals surface area contributed by atoms with E-state index in [0.29, 0.717) is 102 Å². The molecule has 0 aliphatic heterocycles. The number of unbranched alkanes of at least 4 members (excludes halogenated alkanes) is 28. The topological polar surface area (TPSA) is 126 Å². The average Bonchev–Trinajstić information content (AvgIpc) is 0.732. The molecule has 0 unspecified atom stereocenters. The Labute approximate surface area is 691 Å². The summed E-state index contributed by atoms with van der Waals surface area (Å²) in [6.45, 7) is 4.54. The van der Waals surface area contributed by atoms with Gasteiger partial charge in [0.2, 0.25) is 0 Å². The van der Waals surface area contributed by atoms with E-state index in [9.17, 15) is 9.59 Å². The van der Waals surface area contributed by atoms with Crippen molar-refractivity contribution in [3.63, 3.8) is 0 Å². The molecule has 11 heteroatoms. The molecule has 0 spiro atoms. The number of amides is 3. The first-order valence-corrected chi connectivity index (χ1v) is 48.7. The fourth-order valence-corrected chi connectivity index (χ4v) is 24.6. The van der Waals surface area contributed by atoms with Crippen LogP contribution in [0.5, 0.6) is 0 Å². The van der Waals surface area contributed by atoms with Crippen LogP contribution in [0, 0.1) is 5.92 Å². The van der Waals surface area contributed by atoms with Gasteiger partial charge in [0.25, 0.3) is 0 Å². The summed E-state index contributed by atoms with van der Waals surface area (Å²) >= 11 is 0. The van der Waals surface area contributed by atoms with Crippen LogP contribution in [-0.4, -0.2) is 145 Å². The third kappa shape index (κ3) is 31.2. The molecule has 2 N–H and O–H groups in total. The summed E-state index contributed by atoms with van der Waals surface area (Å²) in [7, 11) is 0. The zero-order chi connectivity index (χ0) is 75.0. The molecule has 614 valence electrons. The number of hydrogen-bond acceptors (Lipinski definition) is 5. The van der Waals surface area contributed by atoms with Crippen molar-refractivity contribution in [1.29, 1.82) is 0 Å². The van der Waals surface area contributed by atoms with E-state index < -0.39 is 17.9 Å². The maximum atomic E-state index is 17.5. The Kier molecular flexibility index (Phi) is 50.8. The fourth-order valence-electron chi connectivity index (χ4n) is 24.6. The number of aliphatic carboxylic acids is 2. The summed E-state index contributed by atoms with van der Waals surface area (Å²) in [4.78, 5) is 72.1. The number of carboxylic acid groups (broad SMARTS) is 2. The van der Waals surface area contributed by atoms with E-state index in [1.165, 1.54) is 456 Å². The molecule has 0 saturated heterocycles. The van der Waals surface area contributed by atoms with Gasteiger partial charge in [-0.25, -0.2) is 14.4 Å². The van der Waals surface area contributed by atoms with E-state index in [1.54, 1.807) is 0 Å². The minimum atomic E-state index is -0.653. The molecule has 107 heavy (non-hydrogen) atoms. The predicted octanol–water partition coefficient (Wildman–Crippen LogP) is 27.7. The van der Waals surface area contributed by atoms with E-state index in [4.69, 9.17) is 10.2 Å². The zero-order valence-corrected chi connectivity index (χ0v) is 73.3. The Morgan fingerprint density at radius 1 is 0.234 bits per heavy atom. The number of carboxylic acids is 2. The maximum Gasteiger partial charge on any atom is 2.00 e. The van der Waals surface area contributed by atoms with Gasteiger partial charge in [0, 0.05) is 12.8 Å². The van der Waals surface area contributed by atoms with Gasteiger partial charge in [0.15, 0.2) is 0 Å². The minimum Gasteiger partial charge on any atom is -0.481 e. The number of hydrogen-bond donors (Lipinski definition) is 2. The number of quaternary nitrogens is 3. The van der Waals surface area contributed by atoms with Gasteiger partial charge in [0.1, 0.15) is 0 Å². The smallest absolute Gasteiger partial charge is 0.481 e. The molecule has 0 bridgehead atoms. The molecule has 9 aliphatic carbocycles. The molecule has 9 rings (SSSR count). The van der Waals surface area contributed by atoms with Gasteiger partial charge in [-0.1, -0.05) is 251 Å². The molecule has 0 radical (unpaired) electrons. The van der Waals surface area contributed by atoms with E-state index in [-0.39, 0.29) is 37.7 Å². The standard InChI is InChI=1S/C60H104N3O3.2C18H36O2.Ca/c64-58(61(49-28-10-1-11-29-49,50-30-12-2-13-31-50)51-32-14-3-15-33-51)46-48(60(66)63(55-40-22-7-23-41-55,56-42-24-8-25-43-56)57-44-26-9-27-45-57)47-59(65)62(52-34-16-4-17-35-52,53-36-18-5-19-37-53)54-38-20-6-21-39-54;2*1-2-3-4-5-6-7-8-9-10-11-12-13-14-15-16-17-18(19)20;/h48-57H,1-47H2;2*2-17H2,1H3,(H,19,20);/q+3;;;+2. The van der Waals surface area contributed by atoms with Crippen LogP contribution in [0.2, 0.25) is 0 Å². The molecule has 9 aliphatic rings. The first-order valence-electron chi connectivity index (χ1n) is 48.7. The summed E-state index contributed by atoms with van der Waals surface area (Å²) in [5, 5.41) is 17.0. The maximum absolute atomic E-state index is 17.5. The molecule has 10 nitrogen and oxygen atoms in total. The molecule has 9 saturated carbocycles. The fraction of sp³-hybridized carbons (Fsp3) is 0.948. The molecule has 0 aromatic carbocycles. The normalized spacial score (nSPS) is 21.1. The number of carbonyl (C=O) groups is 5. The van der Waals surface area contributed by atoms with Gasteiger partial charge < -0.3 is 10.2 Å². The van der Waals surface area contributed by atoms with Crippen LogP contribution in [0.3, 0.4) is 0 Å². The van der Waals surface area contributed by atoms with Crippen LogP contribution in [0.25, 0.3) is 0 Å². The Morgan fingerprint density at radius 2 is 0.383 bits per heavy atom. The van der Waals surface area contributed by atoms with Gasteiger partial charge in [0.05, 0.1) is 73.1 Å². The van der Waals surface area contributed by atoms with Crippen LogP contribution >= 0.6 is 0 Å². The SMILES string of the molecule is CCCCCCCCCCCCCCCCCC(=O)O.CCCCCCCCCCCCCCCCCC(=O)O.O=C(CC(CC(=O)[N+](C1CCCCC1)(C1CCCCC1)C1CCCCC1)C(=O)[N+](C1CCCCC1)(C1CCCCC1)C1CCCCC1)[N+](C1CCCCC1)(C1CCCCC1)C1CCCCC1.[Ca+2]. The third-order valence-electron chi connectivity index (χ3n) is 30.0. The first-order chi connectivity index (χ1) is 52.1. The van der Waals surface area contributed by atoms with Crippen molar-refractivity contribution >= 4 is 67.4 Å². The first kappa shape index (κ1) is 94.9. The number of nitrogens with zero attached hydrogens (tertiary/aromatic N) is 3. The third-order valence-corrected chi connectivity index (χ3v) is 30.0. The van der Waals surface area contributed by atoms with Crippen molar-refractivity contribution < 1.29 is 47.6 Å². The van der Waals surface area contributed by atoms with Crippen molar-refractivity contribution in [2.24, 2.45) is 5.92 Å². The minimum absolute atomic E-state index is 0. The van der Waals surface area contributed by atoms with Crippen LogP contribution in [0.4, 0.5) is 0 Å². The molecular formula is C96H176CaN3O7+5. The van der Waals surface area contributed by atoms with Crippen molar-refractivity contribution in [1.82, 2.24) is 0 Å². The summed E-state index contributed by atoms with van der Waals surface area (Å²) in [6.07, 6.45) is 96.7. The van der Waals surface area contributed by atoms with Crippen LogP contribution < -0.4 is 0 Å². The second kappa shape index (κ2) is 57.2. The molecular weight excluding hydrogens is 1350 g/mol. The molecule has 0 aromatic heterocycles. The predicted molar refractivity (Wildman–Crippen MR) is 451 cm³/mol. The second-order valence-electron chi connectivity index (χ2n) is 37.5. The molecule has 9 fully saturated rings. The number of rotatable bonds is 46.